The number of nitrogens with zero attached hydrogens (tertiary/aromatic N) is 2. The van der Waals surface area contributed by atoms with E-state index in [0.717, 1.165) is 10.9 Å². The molecule has 0 spiro atoms. The first kappa shape index (κ1) is 16.3. The molecule has 2 aromatic rings. The predicted octanol–water partition coefficient (Wildman–Crippen LogP) is 4.20. The van der Waals surface area contributed by atoms with Crippen molar-refractivity contribution >= 4 is 27.5 Å². The lowest BCUT2D eigenvalue weighted by atomic mass is 10.3. The van der Waals surface area contributed by atoms with Crippen LogP contribution in [0, 0.1) is 0 Å². The van der Waals surface area contributed by atoms with Crippen LogP contribution in [0.2, 0.25) is 5.02 Å². The molecule has 2 rings (SSSR count). The zero-order valence-electron chi connectivity index (χ0n) is 11.8. The number of aryl methyl sites for hydroxylation is 1. The van der Waals surface area contributed by atoms with Crippen molar-refractivity contribution in [2.45, 2.75) is 25.9 Å². The topological polar surface area (TPSA) is 57.4 Å². The third kappa shape index (κ3) is 4.69. The fourth-order valence-electron chi connectivity index (χ4n) is 1.72. The Morgan fingerprint density at radius 3 is 2.95 bits per heavy atom. The summed E-state index contributed by atoms with van der Waals surface area (Å²) < 4.78 is 16.8. The minimum absolute atomic E-state index is 0.344. The molecular weight excluding hydrogens is 360 g/mol. The molecule has 0 radical (unpaired) electrons. The van der Waals surface area contributed by atoms with Crippen molar-refractivity contribution in [2.24, 2.45) is 0 Å². The zero-order valence-corrected chi connectivity index (χ0v) is 14.1. The average Bonchev–Trinajstić information content (AvgIpc) is 2.91. The number of hydrogen-bond acceptors (Lipinski definition) is 5. The van der Waals surface area contributed by atoms with Crippen molar-refractivity contribution in [3.05, 3.63) is 39.4 Å². The highest BCUT2D eigenvalue weighted by Gasteiger charge is 2.16. The number of halogens is 2. The van der Waals surface area contributed by atoms with Crippen LogP contribution < -0.4 is 4.74 Å². The number of aromatic nitrogens is 2. The molecule has 114 valence electrons. The highest BCUT2D eigenvalue weighted by atomic mass is 79.9. The number of hydrogen-bond donors (Lipinski definition) is 0. The van der Waals surface area contributed by atoms with Gasteiger partial charge >= 0.3 is 0 Å². The maximum Gasteiger partial charge on any atom is 0.226 e. The second-order valence-corrected chi connectivity index (χ2v) is 5.80. The van der Waals surface area contributed by atoms with Gasteiger partial charge in [-0.3, -0.25) is 0 Å². The van der Waals surface area contributed by atoms with Crippen molar-refractivity contribution in [2.75, 3.05) is 13.7 Å². The van der Waals surface area contributed by atoms with Gasteiger partial charge in [0.1, 0.15) is 5.75 Å². The molecule has 21 heavy (non-hydrogen) atoms. The Labute approximate surface area is 136 Å². The molecule has 1 unspecified atom stereocenters. The molecular formula is C14H16BrClN2O3. The summed E-state index contributed by atoms with van der Waals surface area (Å²) in [7, 11) is 1.66. The molecule has 0 aliphatic rings. The molecule has 0 saturated carbocycles. The lowest BCUT2D eigenvalue weighted by Gasteiger charge is -2.12. The van der Waals surface area contributed by atoms with Crippen LogP contribution in [0.3, 0.4) is 0 Å². The van der Waals surface area contributed by atoms with Crippen molar-refractivity contribution in [3.63, 3.8) is 0 Å². The Morgan fingerprint density at radius 2 is 2.24 bits per heavy atom. The SMILES string of the molecule is COCCCc1nc(C(C)Oc2ccc(Br)cc2Cl)no1. The quantitative estimate of drug-likeness (QED) is 0.679. The Kier molecular flexibility index (Phi) is 6.02. The van der Waals surface area contributed by atoms with E-state index in [-0.39, 0.29) is 6.10 Å². The molecule has 0 N–H and O–H groups in total. The van der Waals surface area contributed by atoms with Gasteiger partial charge in [0.25, 0.3) is 0 Å². The molecule has 0 aliphatic heterocycles. The average molecular weight is 376 g/mol. The Morgan fingerprint density at radius 1 is 1.43 bits per heavy atom. The second-order valence-electron chi connectivity index (χ2n) is 4.48. The summed E-state index contributed by atoms with van der Waals surface area (Å²) in [5.74, 6) is 1.67. The van der Waals surface area contributed by atoms with Gasteiger partial charge < -0.3 is 14.0 Å². The van der Waals surface area contributed by atoms with E-state index in [4.69, 9.17) is 25.6 Å². The van der Waals surface area contributed by atoms with Gasteiger partial charge in [-0.15, -0.1) is 0 Å². The van der Waals surface area contributed by atoms with Crippen LogP contribution in [0.25, 0.3) is 0 Å². The minimum atomic E-state index is -0.344. The lowest BCUT2D eigenvalue weighted by molar-refractivity contribution is 0.191. The first-order chi connectivity index (χ1) is 10.1. The van der Waals surface area contributed by atoms with Gasteiger partial charge in [-0.25, -0.2) is 0 Å². The Bertz CT molecular complexity index is 591. The van der Waals surface area contributed by atoms with Gasteiger partial charge in [0.15, 0.2) is 6.10 Å². The van der Waals surface area contributed by atoms with Crippen molar-refractivity contribution in [1.82, 2.24) is 10.1 Å². The van der Waals surface area contributed by atoms with Crippen LogP contribution in [0.5, 0.6) is 5.75 Å². The highest BCUT2D eigenvalue weighted by Crippen LogP contribution is 2.30. The van der Waals surface area contributed by atoms with E-state index in [1.54, 1.807) is 19.2 Å². The van der Waals surface area contributed by atoms with Crippen LogP contribution in [0.4, 0.5) is 0 Å². The van der Waals surface area contributed by atoms with Crippen LogP contribution in [0.1, 0.15) is 31.2 Å². The molecule has 0 saturated heterocycles. The largest absolute Gasteiger partial charge is 0.481 e. The van der Waals surface area contributed by atoms with E-state index in [9.17, 15) is 0 Å². The summed E-state index contributed by atoms with van der Waals surface area (Å²) in [6.45, 7) is 2.51. The molecule has 0 amide bonds. The van der Waals surface area contributed by atoms with E-state index in [1.165, 1.54) is 0 Å². The summed E-state index contributed by atoms with van der Waals surface area (Å²) >= 11 is 9.47. The van der Waals surface area contributed by atoms with E-state index in [2.05, 4.69) is 26.1 Å². The van der Waals surface area contributed by atoms with Gasteiger partial charge in [0.2, 0.25) is 11.7 Å². The van der Waals surface area contributed by atoms with Gasteiger partial charge in [0.05, 0.1) is 5.02 Å². The number of methoxy groups -OCH3 is 1. The molecule has 1 heterocycles. The molecule has 1 aromatic carbocycles. The second kappa shape index (κ2) is 7.77. The van der Waals surface area contributed by atoms with Gasteiger partial charge in [-0.05, 0) is 31.5 Å². The normalized spacial score (nSPS) is 12.4. The maximum absolute atomic E-state index is 6.12. The fourth-order valence-corrected chi connectivity index (χ4v) is 2.43. The molecule has 1 aromatic heterocycles. The summed E-state index contributed by atoms with van der Waals surface area (Å²) in [6.07, 6.45) is 1.18. The lowest BCUT2D eigenvalue weighted by Crippen LogP contribution is -2.05. The van der Waals surface area contributed by atoms with Crippen LogP contribution in [-0.2, 0) is 11.2 Å². The molecule has 7 heteroatoms. The van der Waals surface area contributed by atoms with E-state index in [1.807, 2.05) is 13.0 Å². The van der Waals surface area contributed by atoms with Crippen LogP contribution >= 0.6 is 27.5 Å². The monoisotopic (exact) mass is 374 g/mol. The van der Waals surface area contributed by atoms with Gasteiger partial charge in [0, 0.05) is 24.6 Å². The number of ether oxygens (including phenoxy) is 2. The van der Waals surface area contributed by atoms with E-state index in [0.29, 0.717) is 35.5 Å². The van der Waals surface area contributed by atoms with Crippen LogP contribution in [-0.4, -0.2) is 23.9 Å². The summed E-state index contributed by atoms with van der Waals surface area (Å²) in [4.78, 5) is 4.31. The predicted molar refractivity (Wildman–Crippen MR) is 82.7 cm³/mol. The number of benzene rings is 1. The van der Waals surface area contributed by atoms with Gasteiger partial charge in [-0.2, -0.15) is 4.98 Å². The number of rotatable bonds is 7. The maximum atomic E-state index is 6.12. The smallest absolute Gasteiger partial charge is 0.226 e. The molecule has 0 aliphatic carbocycles. The summed E-state index contributed by atoms with van der Waals surface area (Å²) in [5, 5.41) is 4.46. The van der Waals surface area contributed by atoms with E-state index >= 15 is 0 Å². The van der Waals surface area contributed by atoms with E-state index < -0.39 is 0 Å². The Balaban J connectivity index is 1.98. The fraction of sp³-hybridized carbons (Fsp3) is 0.429. The third-order valence-corrected chi connectivity index (χ3v) is 3.57. The molecule has 0 fully saturated rings. The molecule has 5 nitrogen and oxygen atoms in total. The minimum Gasteiger partial charge on any atom is -0.481 e. The van der Waals surface area contributed by atoms with Gasteiger partial charge in [-0.1, -0.05) is 32.7 Å². The van der Waals surface area contributed by atoms with Crippen molar-refractivity contribution in [3.8, 4) is 5.75 Å². The first-order valence-electron chi connectivity index (χ1n) is 6.53. The first-order valence-corrected chi connectivity index (χ1v) is 7.70. The zero-order chi connectivity index (χ0) is 15.2. The molecule has 0 bridgehead atoms. The highest BCUT2D eigenvalue weighted by molar-refractivity contribution is 9.10. The molecule has 1 atom stereocenters. The van der Waals surface area contributed by atoms with Crippen molar-refractivity contribution < 1.29 is 14.0 Å². The van der Waals surface area contributed by atoms with Crippen molar-refractivity contribution in [1.29, 1.82) is 0 Å². The third-order valence-electron chi connectivity index (χ3n) is 2.78. The standard InChI is InChI=1S/C14H16BrClN2O3/c1-9(20-12-6-5-10(15)8-11(12)16)14-17-13(21-18-14)4-3-7-19-2/h5-6,8-9H,3-4,7H2,1-2H3. The van der Waals surface area contributed by atoms with Crippen LogP contribution in [0.15, 0.2) is 27.2 Å². The summed E-state index contributed by atoms with van der Waals surface area (Å²) in [5.41, 5.74) is 0. The summed E-state index contributed by atoms with van der Waals surface area (Å²) in [6, 6.07) is 5.43. The Hall–Kier alpha value is -1.11.